The van der Waals surface area contributed by atoms with Gasteiger partial charge in [0, 0.05) is 6.54 Å². The lowest BCUT2D eigenvalue weighted by Gasteiger charge is -2.23. The van der Waals surface area contributed by atoms with E-state index in [1.54, 1.807) is 0 Å². The molecule has 1 aliphatic heterocycles. The molecule has 1 fully saturated rings. The first-order valence-corrected chi connectivity index (χ1v) is 5.53. The monoisotopic (exact) mass is 243 g/mol. The summed E-state index contributed by atoms with van der Waals surface area (Å²) < 4.78 is 0. The van der Waals surface area contributed by atoms with Crippen LogP contribution in [0.4, 0.5) is 0 Å². The van der Waals surface area contributed by atoms with Crippen LogP contribution >= 0.6 is 0 Å². The molecule has 0 aromatic carbocycles. The topological polar surface area (TPSA) is 122 Å². The summed E-state index contributed by atoms with van der Waals surface area (Å²) in [5.41, 5.74) is 4.92. The highest BCUT2D eigenvalue weighted by Gasteiger charge is 2.27. The molecular formula is C10H17N3O4. The Bertz CT molecular complexity index is 313. The van der Waals surface area contributed by atoms with Crippen molar-refractivity contribution in [2.45, 2.75) is 25.3 Å². The van der Waals surface area contributed by atoms with Crippen LogP contribution in [0.5, 0.6) is 0 Å². The number of amides is 2. The van der Waals surface area contributed by atoms with Crippen molar-refractivity contribution in [3.8, 4) is 0 Å². The van der Waals surface area contributed by atoms with Crippen LogP contribution in [0.1, 0.15) is 19.3 Å². The predicted octanol–water partition coefficient (Wildman–Crippen LogP) is -1.57. The molecule has 0 aromatic rings. The molecule has 5 N–H and O–H groups in total. The van der Waals surface area contributed by atoms with Crippen LogP contribution in [0.25, 0.3) is 0 Å². The summed E-state index contributed by atoms with van der Waals surface area (Å²) in [6, 6.07) is -1.23. The normalized spacial score (nSPS) is 21.5. The van der Waals surface area contributed by atoms with Gasteiger partial charge in [0.25, 0.3) is 0 Å². The van der Waals surface area contributed by atoms with Gasteiger partial charge in [0.05, 0.1) is 12.3 Å². The van der Waals surface area contributed by atoms with E-state index in [0.29, 0.717) is 6.54 Å². The first-order chi connectivity index (χ1) is 8.00. The highest BCUT2D eigenvalue weighted by Crippen LogP contribution is 2.10. The summed E-state index contributed by atoms with van der Waals surface area (Å²) in [6.07, 6.45) is 1.22. The molecule has 7 nitrogen and oxygen atoms in total. The Kier molecular flexibility index (Phi) is 4.89. The van der Waals surface area contributed by atoms with Gasteiger partial charge in [-0.15, -0.1) is 0 Å². The van der Waals surface area contributed by atoms with Crippen molar-refractivity contribution in [2.24, 2.45) is 11.7 Å². The molecule has 0 radical (unpaired) electrons. The SMILES string of the molecule is NC(=O)C[C@H](NC(=O)[C@@H]1CCCNC1)C(=O)O. The molecule has 17 heavy (non-hydrogen) atoms. The number of nitrogens with two attached hydrogens (primary N) is 1. The van der Waals surface area contributed by atoms with E-state index < -0.39 is 17.9 Å². The van der Waals surface area contributed by atoms with E-state index in [9.17, 15) is 14.4 Å². The number of rotatable bonds is 5. The minimum Gasteiger partial charge on any atom is -0.480 e. The molecule has 7 heteroatoms. The van der Waals surface area contributed by atoms with Crippen LogP contribution in [-0.4, -0.2) is 42.0 Å². The number of primary amides is 1. The molecule has 0 unspecified atom stereocenters. The van der Waals surface area contributed by atoms with Crippen LogP contribution in [-0.2, 0) is 14.4 Å². The average molecular weight is 243 g/mol. The van der Waals surface area contributed by atoms with Crippen molar-refractivity contribution in [3.05, 3.63) is 0 Å². The molecule has 1 heterocycles. The molecule has 0 spiro atoms. The van der Waals surface area contributed by atoms with Crippen LogP contribution in [0.2, 0.25) is 0 Å². The zero-order valence-corrected chi connectivity index (χ0v) is 9.44. The summed E-state index contributed by atoms with van der Waals surface area (Å²) in [6.45, 7) is 1.40. The van der Waals surface area contributed by atoms with Gasteiger partial charge in [0.1, 0.15) is 6.04 Å². The van der Waals surface area contributed by atoms with Crippen molar-refractivity contribution >= 4 is 17.8 Å². The van der Waals surface area contributed by atoms with Gasteiger partial charge >= 0.3 is 5.97 Å². The Hall–Kier alpha value is -1.63. The third-order valence-corrected chi connectivity index (χ3v) is 2.69. The van der Waals surface area contributed by atoms with Crippen molar-refractivity contribution in [2.75, 3.05) is 13.1 Å². The molecule has 0 bridgehead atoms. The highest BCUT2D eigenvalue weighted by atomic mass is 16.4. The second-order valence-corrected chi connectivity index (χ2v) is 4.11. The summed E-state index contributed by atoms with van der Waals surface area (Å²) >= 11 is 0. The maximum absolute atomic E-state index is 11.7. The molecule has 1 saturated heterocycles. The number of carbonyl (C=O) groups excluding carboxylic acids is 2. The smallest absolute Gasteiger partial charge is 0.326 e. The highest BCUT2D eigenvalue weighted by molar-refractivity contribution is 5.89. The standard InChI is InChI=1S/C10H17N3O4/c11-8(14)4-7(10(16)17)13-9(15)6-2-1-3-12-5-6/h6-7,12H,1-5H2,(H2,11,14)(H,13,15)(H,16,17)/t6-,7+/m1/s1. The van der Waals surface area contributed by atoms with Gasteiger partial charge in [-0.1, -0.05) is 0 Å². The minimum atomic E-state index is -1.25. The molecule has 2 amide bonds. The first-order valence-electron chi connectivity index (χ1n) is 5.53. The molecule has 0 saturated carbocycles. The number of hydrogen-bond acceptors (Lipinski definition) is 4. The Balaban J connectivity index is 2.50. The Labute approximate surface area is 98.7 Å². The molecule has 1 rings (SSSR count). The second-order valence-electron chi connectivity index (χ2n) is 4.11. The summed E-state index contributed by atoms with van der Waals surface area (Å²) in [5, 5.41) is 14.2. The van der Waals surface area contributed by atoms with E-state index in [2.05, 4.69) is 10.6 Å². The van der Waals surface area contributed by atoms with E-state index in [-0.39, 0.29) is 18.2 Å². The summed E-state index contributed by atoms with van der Waals surface area (Å²) in [7, 11) is 0. The van der Waals surface area contributed by atoms with Gasteiger partial charge in [-0.2, -0.15) is 0 Å². The second kappa shape index (κ2) is 6.19. The number of carbonyl (C=O) groups is 3. The van der Waals surface area contributed by atoms with Crippen molar-refractivity contribution in [1.82, 2.24) is 10.6 Å². The number of carboxylic acids is 1. The Morgan fingerprint density at radius 3 is 2.65 bits per heavy atom. The van der Waals surface area contributed by atoms with E-state index in [0.717, 1.165) is 19.4 Å². The number of carboxylic acid groups (broad SMARTS) is 1. The van der Waals surface area contributed by atoms with Crippen molar-refractivity contribution in [3.63, 3.8) is 0 Å². The van der Waals surface area contributed by atoms with E-state index in [1.165, 1.54) is 0 Å². The molecule has 2 atom stereocenters. The van der Waals surface area contributed by atoms with E-state index in [1.807, 2.05) is 0 Å². The van der Waals surface area contributed by atoms with Gasteiger partial charge in [-0.05, 0) is 19.4 Å². The van der Waals surface area contributed by atoms with Gasteiger partial charge in [-0.25, -0.2) is 4.79 Å². The quantitative estimate of drug-likeness (QED) is 0.465. The van der Waals surface area contributed by atoms with E-state index >= 15 is 0 Å². The van der Waals surface area contributed by atoms with Crippen LogP contribution in [0.3, 0.4) is 0 Å². The first kappa shape index (κ1) is 13.4. The van der Waals surface area contributed by atoms with Gasteiger partial charge in [0.15, 0.2) is 0 Å². The lowest BCUT2D eigenvalue weighted by atomic mass is 9.98. The lowest BCUT2D eigenvalue weighted by Crippen LogP contribution is -2.48. The third-order valence-electron chi connectivity index (χ3n) is 2.69. The van der Waals surface area contributed by atoms with Gasteiger partial charge in [0.2, 0.25) is 11.8 Å². The zero-order valence-electron chi connectivity index (χ0n) is 9.44. The number of hydrogen-bond donors (Lipinski definition) is 4. The Morgan fingerprint density at radius 2 is 2.18 bits per heavy atom. The fourth-order valence-electron chi connectivity index (χ4n) is 1.77. The third kappa shape index (κ3) is 4.39. The van der Waals surface area contributed by atoms with Crippen LogP contribution in [0, 0.1) is 5.92 Å². The molecule has 96 valence electrons. The average Bonchev–Trinajstić information content (AvgIpc) is 2.28. The van der Waals surface area contributed by atoms with Crippen molar-refractivity contribution < 1.29 is 19.5 Å². The van der Waals surface area contributed by atoms with Crippen LogP contribution in [0.15, 0.2) is 0 Å². The zero-order chi connectivity index (χ0) is 12.8. The maximum Gasteiger partial charge on any atom is 0.326 e. The molecule has 0 aromatic heterocycles. The molecule has 1 aliphatic rings. The summed E-state index contributed by atoms with van der Waals surface area (Å²) in [4.78, 5) is 33.2. The predicted molar refractivity (Wildman–Crippen MR) is 59.0 cm³/mol. The largest absolute Gasteiger partial charge is 0.480 e. The summed E-state index contributed by atoms with van der Waals surface area (Å²) in [5.74, 6) is -2.58. The fourth-order valence-corrected chi connectivity index (χ4v) is 1.77. The number of nitrogens with one attached hydrogen (secondary N) is 2. The lowest BCUT2D eigenvalue weighted by molar-refractivity contribution is -0.144. The minimum absolute atomic E-state index is 0.238. The maximum atomic E-state index is 11.7. The van der Waals surface area contributed by atoms with Gasteiger partial charge in [-0.3, -0.25) is 9.59 Å². The number of piperidine rings is 1. The van der Waals surface area contributed by atoms with Crippen LogP contribution < -0.4 is 16.4 Å². The molecular weight excluding hydrogens is 226 g/mol. The van der Waals surface area contributed by atoms with E-state index in [4.69, 9.17) is 10.8 Å². The molecule has 0 aliphatic carbocycles. The fraction of sp³-hybridized carbons (Fsp3) is 0.700. The number of aliphatic carboxylic acids is 1. The van der Waals surface area contributed by atoms with Gasteiger partial charge < -0.3 is 21.5 Å². The Morgan fingerprint density at radius 1 is 1.47 bits per heavy atom. The van der Waals surface area contributed by atoms with Crippen molar-refractivity contribution in [1.29, 1.82) is 0 Å².